The van der Waals surface area contributed by atoms with Crippen LogP contribution in [0.1, 0.15) is 27.3 Å². The molecule has 6 heteroatoms. The van der Waals surface area contributed by atoms with E-state index in [4.69, 9.17) is 0 Å². The maximum absolute atomic E-state index is 12.2. The standard InChI is InChI=1S/C17H17N3O2S/c1-11-5-3-4-6-14(11)16(22)18-8-7-13-10-23-17-19-12(2)9-15(21)20(13)17/h3-6,9-10H,7-8H2,1-2H3,(H,18,22). The molecule has 5 nitrogen and oxygen atoms in total. The fraction of sp³-hybridized carbons (Fsp3) is 0.235. The molecule has 3 rings (SSSR count). The molecule has 0 bridgehead atoms. The number of fused-ring (bicyclic) bond motifs is 1. The van der Waals surface area contributed by atoms with Crippen LogP contribution in [0, 0.1) is 13.8 Å². The van der Waals surface area contributed by atoms with Crippen LogP contribution in [0.4, 0.5) is 0 Å². The number of nitrogens with one attached hydrogen (secondary N) is 1. The van der Waals surface area contributed by atoms with E-state index in [9.17, 15) is 9.59 Å². The molecule has 0 aliphatic heterocycles. The predicted octanol–water partition coefficient (Wildman–Crippen LogP) is 2.35. The summed E-state index contributed by atoms with van der Waals surface area (Å²) in [5.41, 5.74) is 3.14. The van der Waals surface area contributed by atoms with E-state index in [2.05, 4.69) is 10.3 Å². The van der Waals surface area contributed by atoms with Crippen LogP contribution in [0.5, 0.6) is 0 Å². The summed E-state index contributed by atoms with van der Waals surface area (Å²) in [5, 5.41) is 4.82. The van der Waals surface area contributed by atoms with Gasteiger partial charge in [0.05, 0.1) is 0 Å². The summed E-state index contributed by atoms with van der Waals surface area (Å²) in [4.78, 5) is 29.3. The summed E-state index contributed by atoms with van der Waals surface area (Å²) in [6.07, 6.45) is 0.586. The SMILES string of the molecule is Cc1cc(=O)n2c(CCNC(=O)c3ccccc3C)csc2n1. The molecule has 1 N–H and O–H groups in total. The molecule has 0 spiro atoms. The van der Waals surface area contributed by atoms with Crippen LogP contribution in [-0.4, -0.2) is 21.8 Å². The van der Waals surface area contributed by atoms with Crippen LogP contribution in [0.3, 0.4) is 0 Å². The number of aryl methyl sites for hydroxylation is 2. The van der Waals surface area contributed by atoms with Gasteiger partial charge in [-0.2, -0.15) is 0 Å². The maximum Gasteiger partial charge on any atom is 0.258 e. The molecule has 0 atom stereocenters. The van der Waals surface area contributed by atoms with E-state index >= 15 is 0 Å². The van der Waals surface area contributed by atoms with Crippen LogP contribution < -0.4 is 10.9 Å². The number of rotatable bonds is 4. The van der Waals surface area contributed by atoms with Crippen molar-refractivity contribution in [3.8, 4) is 0 Å². The van der Waals surface area contributed by atoms with Crippen LogP contribution in [-0.2, 0) is 6.42 Å². The number of carbonyl (C=O) groups excluding carboxylic acids is 1. The van der Waals surface area contributed by atoms with Crippen molar-refractivity contribution < 1.29 is 4.79 Å². The molecule has 2 aromatic heterocycles. The minimum absolute atomic E-state index is 0.0750. The number of thiazole rings is 1. The summed E-state index contributed by atoms with van der Waals surface area (Å²) in [5.74, 6) is -0.0936. The third-order valence-electron chi connectivity index (χ3n) is 3.66. The quantitative estimate of drug-likeness (QED) is 0.800. The van der Waals surface area contributed by atoms with E-state index < -0.39 is 0 Å². The first-order chi connectivity index (χ1) is 11.1. The van der Waals surface area contributed by atoms with Gasteiger partial charge in [-0.3, -0.25) is 14.0 Å². The molecule has 2 heterocycles. The molecular weight excluding hydrogens is 310 g/mol. The molecule has 23 heavy (non-hydrogen) atoms. The number of carbonyl (C=O) groups is 1. The lowest BCUT2D eigenvalue weighted by molar-refractivity contribution is 0.0953. The Morgan fingerprint density at radius 3 is 2.87 bits per heavy atom. The van der Waals surface area contributed by atoms with Crippen molar-refractivity contribution in [2.24, 2.45) is 0 Å². The average molecular weight is 327 g/mol. The van der Waals surface area contributed by atoms with Crippen LogP contribution in [0.2, 0.25) is 0 Å². The van der Waals surface area contributed by atoms with Gasteiger partial charge in [-0.15, -0.1) is 11.3 Å². The maximum atomic E-state index is 12.2. The van der Waals surface area contributed by atoms with Crippen molar-refractivity contribution in [1.82, 2.24) is 14.7 Å². The molecule has 1 aromatic carbocycles. The molecule has 0 saturated heterocycles. The van der Waals surface area contributed by atoms with Crippen molar-refractivity contribution in [2.45, 2.75) is 20.3 Å². The predicted molar refractivity (Wildman–Crippen MR) is 91.3 cm³/mol. The van der Waals surface area contributed by atoms with Gasteiger partial charge in [0, 0.05) is 41.4 Å². The minimum Gasteiger partial charge on any atom is -0.352 e. The Kier molecular flexibility index (Phi) is 4.25. The van der Waals surface area contributed by atoms with Crippen LogP contribution >= 0.6 is 11.3 Å². The van der Waals surface area contributed by atoms with E-state index in [1.807, 2.05) is 43.5 Å². The second-order valence-electron chi connectivity index (χ2n) is 5.40. The molecule has 0 saturated carbocycles. The molecular formula is C17H17N3O2S. The third-order valence-corrected chi connectivity index (χ3v) is 4.53. The van der Waals surface area contributed by atoms with E-state index in [-0.39, 0.29) is 11.5 Å². The smallest absolute Gasteiger partial charge is 0.258 e. The Labute approximate surface area is 137 Å². The number of nitrogens with zero attached hydrogens (tertiary/aromatic N) is 2. The molecule has 0 aliphatic carbocycles. The highest BCUT2D eigenvalue weighted by Crippen LogP contribution is 2.13. The summed E-state index contributed by atoms with van der Waals surface area (Å²) in [7, 11) is 0. The molecule has 0 aliphatic rings. The second kappa shape index (κ2) is 6.34. The number of benzene rings is 1. The molecule has 3 aromatic rings. The van der Waals surface area contributed by atoms with Crippen LogP contribution in [0.15, 0.2) is 40.5 Å². The minimum atomic E-state index is -0.0936. The Morgan fingerprint density at radius 2 is 2.09 bits per heavy atom. The lowest BCUT2D eigenvalue weighted by Crippen LogP contribution is -2.27. The molecule has 0 fully saturated rings. The number of amides is 1. The van der Waals surface area contributed by atoms with E-state index in [0.29, 0.717) is 23.5 Å². The fourth-order valence-electron chi connectivity index (χ4n) is 2.49. The number of hydrogen-bond donors (Lipinski definition) is 1. The van der Waals surface area contributed by atoms with Crippen molar-refractivity contribution in [2.75, 3.05) is 6.54 Å². The van der Waals surface area contributed by atoms with E-state index in [0.717, 1.165) is 17.0 Å². The van der Waals surface area contributed by atoms with Gasteiger partial charge in [0.2, 0.25) is 0 Å². The highest BCUT2D eigenvalue weighted by Gasteiger charge is 2.10. The first kappa shape index (κ1) is 15.4. The summed E-state index contributed by atoms with van der Waals surface area (Å²) >= 11 is 1.44. The summed E-state index contributed by atoms with van der Waals surface area (Å²) in [6, 6.07) is 9.00. The van der Waals surface area contributed by atoms with Crippen molar-refractivity contribution in [3.05, 3.63) is 68.6 Å². The highest BCUT2D eigenvalue weighted by atomic mass is 32.1. The van der Waals surface area contributed by atoms with Gasteiger partial charge in [0.15, 0.2) is 4.96 Å². The van der Waals surface area contributed by atoms with Gasteiger partial charge in [-0.1, -0.05) is 18.2 Å². The summed E-state index contributed by atoms with van der Waals surface area (Å²) in [6.45, 7) is 4.19. The van der Waals surface area contributed by atoms with Crippen molar-refractivity contribution in [3.63, 3.8) is 0 Å². The Bertz CT molecular complexity index is 927. The zero-order valence-corrected chi connectivity index (χ0v) is 13.8. The van der Waals surface area contributed by atoms with Gasteiger partial charge >= 0.3 is 0 Å². The zero-order valence-electron chi connectivity index (χ0n) is 13.0. The van der Waals surface area contributed by atoms with Gasteiger partial charge in [-0.05, 0) is 25.5 Å². The first-order valence-corrected chi connectivity index (χ1v) is 8.25. The monoisotopic (exact) mass is 327 g/mol. The van der Waals surface area contributed by atoms with Gasteiger partial charge in [0.25, 0.3) is 11.5 Å². The Morgan fingerprint density at radius 1 is 1.30 bits per heavy atom. The number of aromatic nitrogens is 2. The van der Waals surface area contributed by atoms with Gasteiger partial charge in [-0.25, -0.2) is 4.98 Å². The fourth-order valence-corrected chi connectivity index (χ4v) is 3.46. The number of hydrogen-bond acceptors (Lipinski definition) is 4. The zero-order chi connectivity index (χ0) is 16.4. The molecule has 118 valence electrons. The average Bonchev–Trinajstić information content (AvgIpc) is 2.90. The lowest BCUT2D eigenvalue weighted by atomic mass is 10.1. The molecule has 0 unspecified atom stereocenters. The van der Waals surface area contributed by atoms with Gasteiger partial charge in [0.1, 0.15) is 0 Å². The first-order valence-electron chi connectivity index (χ1n) is 7.37. The highest BCUT2D eigenvalue weighted by molar-refractivity contribution is 7.15. The second-order valence-corrected chi connectivity index (χ2v) is 6.24. The normalized spacial score (nSPS) is 10.9. The summed E-state index contributed by atoms with van der Waals surface area (Å²) < 4.78 is 1.61. The van der Waals surface area contributed by atoms with E-state index in [1.165, 1.54) is 17.4 Å². The van der Waals surface area contributed by atoms with E-state index in [1.54, 1.807) is 4.40 Å². The van der Waals surface area contributed by atoms with Crippen molar-refractivity contribution in [1.29, 1.82) is 0 Å². The Hall–Kier alpha value is -2.47. The van der Waals surface area contributed by atoms with Crippen molar-refractivity contribution >= 4 is 22.2 Å². The Balaban J connectivity index is 1.71. The van der Waals surface area contributed by atoms with Gasteiger partial charge < -0.3 is 5.32 Å². The van der Waals surface area contributed by atoms with Crippen LogP contribution in [0.25, 0.3) is 4.96 Å². The lowest BCUT2D eigenvalue weighted by Gasteiger charge is -2.07. The topological polar surface area (TPSA) is 63.5 Å². The largest absolute Gasteiger partial charge is 0.352 e. The molecule has 1 amide bonds. The third kappa shape index (κ3) is 3.17. The molecule has 0 radical (unpaired) electrons.